The molecule has 2 nitrogen and oxygen atoms in total. The van der Waals surface area contributed by atoms with Crippen LogP contribution in [0.15, 0.2) is 11.6 Å². The van der Waals surface area contributed by atoms with Crippen molar-refractivity contribution in [1.82, 2.24) is 0 Å². The van der Waals surface area contributed by atoms with E-state index >= 15 is 0 Å². The van der Waals surface area contributed by atoms with Crippen molar-refractivity contribution in [2.45, 2.75) is 32.8 Å². The predicted molar refractivity (Wildman–Crippen MR) is 40.7 cm³/mol. The molecule has 0 saturated heterocycles. The molecule has 0 bridgehead atoms. The standard InChI is InChI=1S/C8H14O2/c1-3-8(10)7(2)5-4-6-9/h5-6,8,10H,3-4H2,1-2H3. The van der Waals surface area contributed by atoms with E-state index in [2.05, 4.69) is 0 Å². The topological polar surface area (TPSA) is 37.3 Å². The lowest BCUT2D eigenvalue weighted by atomic mass is 10.1. The fourth-order valence-corrected chi connectivity index (χ4v) is 0.692. The van der Waals surface area contributed by atoms with Crippen LogP contribution in [0.25, 0.3) is 0 Å². The molecule has 1 atom stereocenters. The van der Waals surface area contributed by atoms with Gasteiger partial charge in [0.05, 0.1) is 6.10 Å². The molecule has 0 spiro atoms. The Hall–Kier alpha value is -0.630. The second-order valence-electron chi connectivity index (χ2n) is 2.27. The Bertz CT molecular complexity index is 127. The minimum atomic E-state index is -0.375. The Labute approximate surface area is 61.6 Å². The van der Waals surface area contributed by atoms with Crippen LogP contribution in [0, 0.1) is 0 Å². The summed E-state index contributed by atoms with van der Waals surface area (Å²) in [4.78, 5) is 9.89. The van der Waals surface area contributed by atoms with Crippen molar-refractivity contribution in [2.24, 2.45) is 0 Å². The molecule has 2 heteroatoms. The van der Waals surface area contributed by atoms with Gasteiger partial charge < -0.3 is 9.90 Å². The van der Waals surface area contributed by atoms with Crippen molar-refractivity contribution >= 4 is 6.29 Å². The monoisotopic (exact) mass is 142 g/mol. The van der Waals surface area contributed by atoms with Crippen molar-refractivity contribution in [2.75, 3.05) is 0 Å². The summed E-state index contributed by atoms with van der Waals surface area (Å²) in [6, 6.07) is 0. The highest BCUT2D eigenvalue weighted by Gasteiger charge is 2.00. The molecule has 10 heavy (non-hydrogen) atoms. The van der Waals surface area contributed by atoms with E-state index in [4.69, 9.17) is 5.11 Å². The van der Waals surface area contributed by atoms with Gasteiger partial charge in [-0.25, -0.2) is 0 Å². The van der Waals surface area contributed by atoms with Crippen LogP contribution in [0.4, 0.5) is 0 Å². The van der Waals surface area contributed by atoms with Crippen molar-refractivity contribution in [3.8, 4) is 0 Å². The molecule has 1 unspecified atom stereocenters. The number of aldehydes is 1. The number of hydrogen-bond acceptors (Lipinski definition) is 2. The molecule has 1 N–H and O–H groups in total. The van der Waals surface area contributed by atoms with Gasteiger partial charge in [0.1, 0.15) is 6.29 Å². The van der Waals surface area contributed by atoms with Crippen LogP contribution in [0.2, 0.25) is 0 Å². The highest BCUT2D eigenvalue weighted by Crippen LogP contribution is 2.04. The van der Waals surface area contributed by atoms with E-state index in [0.29, 0.717) is 12.8 Å². The number of hydrogen-bond donors (Lipinski definition) is 1. The maximum atomic E-state index is 9.89. The lowest BCUT2D eigenvalue weighted by Gasteiger charge is -2.06. The van der Waals surface area contributed by atoms with Gasteiger partial charge in [-0.15, -0.1) is 0 Å². The zero-order chi connectivity index (χ0) is 7.98. The van der Waals surface area contributed by atoms with Gasteiger partial charge >= 0.3 is 0 Å². The van der Waals surface area contributed by atoms with E-state index in [1.807, 2.05) is 13.8 Å². The van der Waals surface area contributed by atoms with Gasteiger partial charge in [-0.2, -0.15) is 0 Å². The molecule has 0 heterocycles. The average molecular weight is 142 g/mol. The Kier molecular flexibility index (Phi) is 4.85. The number of carbonyl (C=O) groups is 1. The minimum Gasteiger partial charge on any atom is -0.389 e. The second-order valence-corrected chi connectivity index (χ2v) is 2.27. The summed E-state index contributed by atoms with van der Waals surface area (Å²) in [5, 5.41) is 9.17. The van der Waals surface area contributed by atoms with Crippen LogP contribution < -0.4 is 0 Å². The van der Waals surface area contributed by atoms with Gasteiger partial charge in [0.15, 0.2) is 0 Å². The van der Waals surface area contributed by atoms with Crippen LogP contribution in [0.3, 0.4) is 0 Å². The van der Waals surface area contributed by atoms with Crippen LogP contribution >= 0.6 is 0 Å². The number of carbonyl (C=O) groups excluding carboxylic acids is 1. The molecule has 0 saturated carbocycles. The predicted octanol–water partition coefficient (Wildman–Crippen LogP) is 1.29. The van der Waals surface area contributed by atoms with Crippen LogP contribution in [0.5, 0.6) is 0 Å². The minimum absolute atomic E-state index is 0.375. The molecular formula is C8H14O2. The van der Waals surface area contributed by atoms with E-state index < -0.39 is 0 Å². The smallest absolute Gasteiger partial charge is 0.123 e. The molecular weight excluding hydrogens is 128 g/mol. The molecule has 0 aromatic rings. The summed E-state index contributed by atoms with van der Waals surface area (Å²) in [5.41, 5.74) is 0.884. The third-order valence-corrected chi connectivity index (χ3v) is 1.45. The Morgan fingerprint density at radius 1 is 1.70 bits per heavy atom. The summed E-state index contributed by atoms with van der Waals surface area (Å²) in [6.45, 7) is 3.74. The largest absolute Gasteiger partial charge is 0.389 e. The highest BCUT2D eigenvalue weighted by atomic mass is 16.3. The molecule has 58 valence electrons. The van der Waals surface area contributed by atoms with Gasteiger partial charge in [0.2, 0.25) is 0 Å². The third-order valence-electron chi connectivity index (χ3n) is 1.45. The van der Waals surface area contributed by atoms with Gasteiger partial charge in [-0.05, 0) is 18.9 Å². The molecule has 0 fully saturated rings. The number of allylic oxidation sites excluding steroid dienone is 1. The molecule has 0 aromatic carbocycles. The SMILES string of the molecule is CCC(O)C(C)=CCC=O. The van der Waals surface area contributed by atoms with Gasteiger partial charge in [0.25, 0.3) is 0 Å². The maximum Gasteiger partial charge on any atom is 0.123 e. The van der Waals surface area contributed by atoms with Crippen LogP contribution in [-0.2, 0) is 4.79 Å². The first kappa shape index (κ1) is 9.37. The van der Waals surface area contributed by atoms with Crippen molar-refractivity contribution < 1.29 is 9.90 Å². The van der Waals surface area contributed by atoms with Crippen LogP contribution in [0.1, 0.15) is 26.7 Å². The molecule has 0 radical (unpaired) electrons. The van der Waals surface area contributed by atoms with Crippen LogP contribution in [-0.4, -0.2) is 17.5 Å². The van der Waals surface area contributed by atoms with Crippen molar-refractivity contribution in [1.29, 1.82) is 0 Å². The van der Waals surface area contributed by atoms with Gasteiger partial charge in [-0.3, -0.25) is 0 Å². The quantitative estimate of drug-likeness (QED) is 0.474. The van der Waals surface area contributed by atoms with E-state index in [-0.39, 0.29) is 6.10 Å². The van der Waals surface area contributed by atoms with E-state index in [1.165, 1.54) is 0 Å². The Morgan fingerprint density at radius 2 is 2.30 bits per heavy atom. The normalized spacial score (nSPS) is 14.9. The molecule has 0 aromatic heterocycles. The zero-order valence-corrected chi connectivity index (χ0v) is 6.50. The van der Waals surface area contributed by atoms with Crippen molar-refractivity contribution in [3.63, 3.8) is 0 Å². The number of rotatable bonds is 4. The fraction of sp³-hybridized carbons (Fsp3) is 0.625. The van der Waals surface area contributed by atoms with E-state index in [1.54, 1.807) is 6.08 Å². The molecule has 0 aliphatic rings. The van der Waals surface area contributed by atoms with E-state index in [9.17, 15) is 4.79 Å². The molecule has 0 amide bonds. The third kappa shape index (κ3) is 3.41. The Balaban J connectivity index is 3.78. The average Bonchev–Trinajstić information content (AvgIpc) is 1.98. The first-order valence-corrected chi connectivity index (χ1v) is 3.50. The van der Waals surface area contributed by atoms with Gasteiger partial charge in [-0.1, -0.05) is 13.0 Å². The van der Waals surface area contributed by atoms with E-state index in [0.717, 1.165) is 11.9 Å². The number of aliphatic hydroxyl groups excluding tert-OH is 1. The zero-order valence-electron chi connectivity index (χ0n) is 6.50. The summed E-state index contributed by atoms with van der Waals surface area (Å²) >= 11 is 0. The molecule has 0 aliphatic carbocycles. The van der Waals surface area contributed by atoms with Gasteiger partial charge in [0, 0.05) is 6.42 Å². The number of aliphatic hydroxyl groups is 1. The lowest BCUT2D eigenvalue weighted by molar-refractivity contribution is -0.107. The fourth-order valence-electron chi connectivity index (χ4n) is 0.692. The first-order chi connectivity index (χ1) is 4.72. The maximum absolute atomic E-state index is 9.89. The summed E-state index contributed by atoms with van der Waals surface area (Å²) in [7, 11) is 0. The summed E-state index contributed by atoms with van der Waals surface area (Å²) < 4.78 is 0. The Morgan fingerprint density at radius 3 is 2.70 bits per heavy atom. The molecule has 0 rings (SSSR count). The summed E-state index contributed by atoms with van der Waals surface area (Å²) in [5.74, 6) is 0. The first-order valence-electron chi connectivity index (χ1n) is 3.50. The lowest BCUT2D eigenvalue weighted by Crippen LogP contribution is -2.05. The highest BCUT2D eigenvalue weighted by molar-refractivity contribution is 5.52. The molecule has 0 aliphatic heterocycles. The summed E-state index contributed by atoms with van der Waals surface area (Å²) in [6.07, 6.45) is 3.32. The van der Waals surface area contributed by atoms with Crippen molar-refractivity contribution in [3.05, 3.63) is 11.6 Å². The second kappa shape index (κ2) is 5.18.